The van der Waals surface area contributed by atoms with Crippen LogP contribution in [-0.2, 0) is 6.54 Å². The summed E-state index contributed by atoms with van der Waals surface area (Å²) in [5, 5.41) is 4.60. The molecule has 2 aromatic carbocycles. The van der Waals surface area contributed by atoms with Crippen molar-refractivity contribution >= 4 is 17.5 Å². The first kappa shape index (κ1) is 20.4. The van der Waals surface area contributed by atoms with E-state index in [0.717, 1.165) is 5.56 Å². The van der Waals surface area contributed by atoms with E-state index in [-0.39, 0.29) is 12.5 Å². The number of rotatable bonds is 8. The third kappa shape index (κ3) is 4.75. The van der Waals surface area contributed by atoms with Crippen LogP contribution in [0.5, 0.6) is 11.5 Å². The normalized spacial score (nSPS) is 10.4. The standard InChI is InChI=1S/C21H20ClN3O4/c1-4-11-25(21(26)17-10-9-16(27-2)12-18(17)28-3)13-19-23-20(24-29-19)14-5-7-15(22)8-6-14/h4-10,12H,1,11,13H2,2-3H3. The molecule has 8 heteroatoms. The number of ether oxygens (including phenoxy) is 2. The topological polar surface area (TPSA) is 77.7 Å². The molecule has 0 fully saturated rings. The van der Waals surface area contributed by atoms with Gasteiger partial charge in [0, 0.05) is 23.2 Å². The highest BCUT2D eigenvalue weighted by Crippen LogP contribution is 2.26. The molecule has 0 unspecified atom stereocenters. The van der Waals surface area contributed by atoms with Gasteiger partial charge in [-0.15, -0.1) is 6.58 Å². The Morgan fingerprint density at radius 1 is 1.21 bits per heavy atom. The van der Waals surface area contributed by atoms with Crippen LogP contribution in [0.1, 0.15) is 16.2 Å². The van der Waals surface area contributed by atoms with Crippen molar-refractivity contribution in [2.45, 2.75) is 6.54 Å². The maximum Gasteiger partial charge on any atom is 0.258 e. The molecule has 0 radical (unpaired) electrons. The fourth-order valence-corrected chi connectivity index (χ4v) is 2.85. The Morgan fingerprint density at radius 3 is 2.62 bits per heavy atom. The molecule has 0 bridgehead atoms. The number of halogens is 1. The highest BCUT2D eigenvalue weighted by molar-refractivity contribution is 6.30. The Bertz CT molecular complexity index is 1000. The van der Waals surface area contributed by atoms with Crippen LogP contribution in [-0.4, -0.2) is 41.7 Å². The molecule has 0 spiro atoms. The predicted octanol–water partition coefficient (Wildman–Crippen LogP) is 4.24. The summed E-state index contributed by atoms with van der Waals surface area (Å²) in [6, 6.07) is 12.1. The average Bonchev–Trinajstić information content (AvgIpc) is 3.21. The Morgan fingerprint density at radius 2 is 1.97 bits per heavy atom. The van der Waals surface area contributed by atoms with Crippen molar-refractivity contribution in [1.29, 1.82) is 0 Å². The van der Waals surface area contributed by atoms with E-state index in [2.05, 4.69) is 16.7 Å². The molecule has 0 atom stereocenters. The molecule has 0 aliphatic carbocycles. The van der Waals surface area contributed by atoms with Crippen LogP contribution in [0.15, 0.2) is 59.6 Å². The Kier molecular flexibility index (Phi) is 6.51. The lowest BCUT2D eigenvalue weighted by molar-refractivity contribution is 0.0742. The SMILES string of the molecule is C=CCN(Cc1nc(-c2ccc(Cl)cc2)no1)C(=O)c1ccc(OC)cc1OC. The van der Waals surface area contributed by atoms with Gasteiger partial charge in [0.2, 0.25) is 11.7 Å². The molecule has 0 aliphatic heterocycles. The average molecular weight is 414 g/mol. The maximum atomic E-state index is 13.1. The molecule has 29 heavy (non-hydrogen) atoms. The van der Waals surface area contributed by atoms with Crippen LogP contribution < -0.4 is 9.47 Å². The molecule has 1 amide bonds. The molecule has 150 valence electrons. The van der Waals surface area contributed by atoms with E-state index in [1.807, 2.05) is 0 Å². The monoisotopic (exact) mass is 413 g/mol. The molecule has 0 saturated carbocycles. The number of benzene rings is 2. The summed E-state index contributed by atoms with van der Waals surface area (Å²) >= 11 is 5.91. The van der Waals surface area contributed by atoms with Crippen molar-refractivity contribution in [3.63, 3.8) is 0 Å². The highest BCUT2D eigenvalue weighted by Gasteiger charge is 2.22. The van der Waals surface area contributed by atoms with Crippen molar-refractivity contribution in [2.75, 3.05) is 20.8 Å². The van der Waals surface area contributed by atoms with Gasteiger partial charge in [-0.3, -0.25) is 4.79 Å². The van der Waals surface area contributed by atoms with E-state index in [0.29, 0.717) is 40.3 Å². The van der Waals surface area contributed by atoms with Crippen molar-refractivity contribution in [2.24, 2.45) is 0 Å². The largest absolute Gasteiger partial charge is 0.497 e. The van der Waals surface area contributed by atoms with Crippen molar-refractivity contribution in [3.8, 4) is 22.9 Å². The number of hydrogen-bond donors (Lipinski definition) is 0. The van der Waals surface area contributed by atoms with Crippen LogP contribution in [0.25, 0.3) is 11.4 Å². The third-order valence-corrected chi connectivity index (χ3v) is 4.42. The maximum absolute atomic E-state index is 13.1. The van der Waals surface area contributed by atoms with E-state index in [1.54, 1.807) is 55.7 Å². The Balaban J connectivity index is 1.83. The van der Waals surface area contributed by atoms with Crippen molar-refractivity contribution in [3.05, 3.63) is 71.6 Å². The van der Waals surface area contributed by atoms with Gasteiger partial charge in [0.25, 0.3) is 5.91 Å². The molecule has 3 rings (SSSR count). The van der Waals surface area contributed by atoms with Gasteiger partial charge >= 0.3 is 0 Å². The van der Waals surface area contributed by atoms with E-state index in [4.69, 9.17) is 25.6 Å². The van der Waals surface area contributed by atoms with E-state index < -0.39 is 0 Å². The summed E-state index contributed by atoms with van der Waals surface area (Å²) in [6.07, 6.45) is 1.63. The molecule has 3 aromatic rings. The minimum absolute atomic E-state index is 0.126. The quantitative estimate of drug-likeness (QED) is 0.514. The summed E-state index contributed by atoms with van der Waals surface area (Å²) in [5.74, 6) is 1.48. The van der Waals surface area contributed by atoms with E-state index in [1.165, 1.54) is 12.0 Å². The van der Waals surface area contributed by atoms with Gasteiger partial charge in [0.05, 0.1) is 19.8 Å². The molecular formula is C21H20ClN3O4. The smallest absolute Gasteiger partial charge is 0.258 e. The van der Waals surface area contributed by atoms with Crippen LogP contribution in [0.2, 0.25) is 5.02 Å². The van der Waals surface area contributed by atoms with Gasteiger partial charge in [-0.2, -0.15) is 4.98 Å². The molecule has 7 nitrogen and oxygen atoms in total. The number of nitrogens with zero attached hydrogens (tertiary/aromatic N) is 3. The molecular weight excluding hydrogens is 394 g/mol. The van der Waals surface area contributed by atoms with Crippen LogP contribution in [0.3, 0.4) is 0 Å². The van der Waals surface area contributed by atoms with Crippen molar-refractivity contribution < 1.29 is 18.8 Å². The van der Waals surface area contributed by atoms with Gasteiger partial charge < -0.3 is 18.9 Å². The molecule has 0 aliphatic rings. The lowest BCUT2D eigenvalue weighted by Crippen LogP contribution is -2.31. The minimum Gasteiger partial charge on any atom is -0.497 e. The van der Waals surface area contributed by atoms with Crippen LogP contribution in [0.4, 0.5) is 0 Å². The molecule has 0 saturated heterocycles. The first-order valence-corrected chi connectivity index (χ1v) is 9.14. The fraction of sp³-hybridized carbons (Fsp3) is 0.190. The summed E-state index contributed by atoms with van der Waals surface area (Å²) in [4.78, 5) is 19.0. The number of carbonyl (C=O) groups excluding carboxylic acids is 1. The number of methoxy groups -OCH3 is 2. The highest BCUT2D eigenvalue weighted by atomic mass is 35.5. The van der Waals surface area contributed by atoms with Crippen LogP contribution in [0, 0.1) is 0 Å². The molecule has 1 aromatic heterocycles. The fourth-order valence-electron chi connectivity index (χ4n) is 2.72. The predicted molar refractivity (Wildman–Crippen MR) is 109 cm³/mol. The zero-order valence-corrected chi connectivity index (χ0v) is 16.8. The number of hydrogen-bond acceptors (Lipinski definition) is 6. The van der Waals surface area contributed by atoms with E-state index in [9.17, 15) is 4.79 Å². The lowest BCUT2D eigenvalue weighted by Gasteiger charge is -2.20. The van der Waals surface area contributed by atoms with Gasteiger partial charge in [0.15, 0.2) is 0 Å². The van der Waals surface area contributed by atoms with E-state index >= 15 is 0 Å². The number of amides is 1. The van der Waals surface area contributed by atoms with Gasteiger partial charge in [-0.1, -0.05) is 22.8 Å². The number of carbonyl (C=O) groups is 1. The minimum atomic E-state index is -0.254. The second kappa shape index (κ2) is 9.25. The van der Waals surface area contributed by atoms with Crippen molar-refractivity contribution in [1.82, 2.24) is 15.0 Å². The molecule has 1 heterocycles. The van der Waals surface area contributed by atoms with Gasteiger partial charge in [-0.25, -0.2) is 0 Å². The lowest BCUT2D eigenvalue weighted by atomic mass is 10.1. The number of aromatic nitrogens is 2. The summed E-state index contributed by atoms with van der Waals surface area (Å²) in [5.41, 5.74) is 1.16. The summed E-state index contributed by atoms with van der Waals surface area (Å²) in [7, 11) is 3.05. The summed E-state index contributed by atoms with van der Waals surface area (Å²) in [6.45, 7) is 4.15. The first-order chi connectivity index (χ1) is 14.0. The van der Waals surface area contributed by atoms with Crippen LogP contribution >= 0.6 is 11.6 Å². The first-order valence-electron chi connectivity index (χ1n) is 8.76. The Labute approximate surface area is 173 Å². The summed E-state index contributed by atoms with van der Waals surface area (Å²) < 4.78 is 15.9. The van der Waals surface area contributed by atoms with Gasteiger partial charge in [0.1, 0.15) is 18.0 Å². The zero-order valence-electron chi connectivity index (χ0n) is 16.1. The Hall–Kier alpha value is -3.32. The second-order valence-electron chi connectivity index (χ2n) is 6.06. The third-order valence-electron chi connectivity index (χ3n) is 4.17. The second-order valence-corrected chi connectivity index (χ2v) is 6.50. The zero-order chi connectivity index (χ0) is 20.8. The molecule has 0 N–H and O–H groups in total. The van der Waals surface area contributed by atoms with Gasteiger partial charge in [-0.05, 0) is 36.4 Å².